The van der Waals surface area contributed by atoms with Crippen molar-refractivity contribution >= 4 is 14.1 Å². The van der Waals surface area contributed by atoms with Crippen molar-refractivity contribution in [1.29, 1.82) is 0 Å². The minimum Gasteiger partial charge on any atom is -0.0910 e. The van der Waals surface area contributed by atoms with Gasteiger partial charge in [0.05, 0.1) is 0 Å². The van der Waals surface area contributed by atoms with Gasteiger partial charge in [-0.15, -0.1) is 0 Å². The van der Waals surface area contributed by atoms with Crippen molar-refractivity contribution in [3.05, 3.63) is 0 Å². The van der Waals surface area contributed by atoms with Crippen molar-refractivity contribution in [3.63, 3.8) is 0 Å². The molecule has 294 valence electrons. The molecule has 0 fully saturated rings. The zero-order chi connectivity index (χ0) is 35.9. The van der Waals surface area contributed by atoms with Crippen LogP contribution in [0.4, 0.5) is 0 Å². The van der Waals surface area contributed by atoms with Crippen LogP contribution in [-0.4, -0.2) is 14.1 Å². The highest BCUT2D eigenvalue weighted by molar-refractivity contribution is 6.59. The first kappa shape index (κ1) is 49.5. The standard InChI is InChI=1S/3C16H33.Al/c3*1-4-6-8-10-11-13-15-16(3)14-12-9-7-5-2;/h3*16H,3-15H2,1-2H3;. The van der Waals surface area contributed by atoms with Crippen LogP contribution >= 0.6 is 0 Å². The lowest BCUT2D eigenvalue weighted by atomic mass is 9.95. The zero-order valence-corrected chi connectivity index (χ0v) is 37.0. The molecule has 0 aliphatic heterocycles. The van der Waals surface area contributed by atoms with Crippen LogP contribution in [-0.2, 0) is 0 Å². The highest BCUT2D eigenvalue weighted by Gasteiger charge is 2.28. The molecule has 0 N–H and O–H groups in total. The first-order valence-electron chi connectivity index (χ1n) is 24.1. The molecule has 0 aliphatic carbocycles. The normalized spacial score (nSPS) is 13.6. The number of rotatable bonds is 42. The van der Waals surface area contributed by atoms with Crippen molar-refractivity contribution in [2.75, 3.05) is 0 Å². The van der Waals surface area contributed by atoms with Crippen LogP contribution in [0, 0.1) is 17.8 Å². The maximum Gasteiger partial charge on any atom is 0.262 e. The lowest BCUT2D eigenvalue weighted by Crippen LogP contribution is -2.25. The second kappa shape index (κ2) is 41.3. The Morgan fingerprint density at radius 3 is 0.592 bits per heavy atom. The van der Waals surface area contributed by atoms with Crippen molar-refractivity contribution < 1.29 is 0 Å². The van der Waals surface area contributed by atoms with Gasteiger partial charge in [0.25, 0.3) is 14.1 Å². The molecule has 0 radical (unpaired) electrons. The quantitative estimate of drug-likeness (QED) is 0.0439. The van der Waals surface area contributed by atoms with E-state index in [1.165, 1.54) is 193 Å². The number of hydrogen-bond donors (Lipinski definition) is 0. The van der Waals surface area contributed by atoms with Crippen molar-refractivity contribution in [1.82, 2.24) is 0 Å². The summed E-state index contributed by atoms with van der Waals surface area (Å²) >= 11 is -0.794. The topological polar surface area (TPSA) is 0 Å². The van der Waals surface area contributed by atoms with Crippen molar-refractivity contribution in [2.24, 2.45) is 17.8 Å². The minimum atomic E-state index is -0.794. The van der Waals surface area contributed by atoms with Gasteiger partial charge in [-0.2, -0.15) is 0 Å². The molecule has 0 aromatic heterocycles. The second-order valence-corrected chi connectivity index (χ2v) is 20.5. The Labute approximate surface area is 319 Å². The highest BCUT2D eigenvalue weighted by atomic mass is 27.2. The highest BCUT2D eigenvalue weighted by Crippen LogP contribution is 2.35. The van der Waals surface area contributed by atoms with E-state index in [-0.39, 0.29) is 0 Å². The van der Waals surface area contributed by atoms with Crippen LogP contribution in [0.15, 0.2) is 0 Å². The zero-order valence-electron chi connectivity index (χ0n) is 35.9. The molecule has 49 heavy (non-hydrogen) atoms. The Bertz CT molecular complexity index is 505. The summed E-state index contributed by atoms with van der Waals surface area (Å²) in [6.07, 6.45) is 53.5. The third-order valence-electron chi connectivity index (χ3n) is 12.3. The van der Waals surface area contributed by atoms with Crippen LogP contribution in [0.2, 0.25) is 15.8 Å². The van der Waals surface area contributed by atoms with Gasteiger partial charge < -0.3 is 0 Å². The first-order chi connectivity index (χ1) is 24.1. The van der Waals surface area contributed by atoms with Gasteiger partial charge >= 0.3 is 0 Å². The molecule has 0 rings (SSSR count). The molecule has 0 amide bonds. The Hall–Kier alpha value is 0.532. The summed E-state index contributed by atoms with van der Waals surface area (Å²) < 4.78 is 0. The van der Waals surface area contributed by atoms with E-state index < -0.39 is 14.1 Å². The van der Waals surface area contributed by atoms with Gasteiger partial charge in [0.1, 0.15) is 0 Å². The summed E-state index contributed by atoms with van der Waals surface area (Å²) in [5, 5.41) is 5.14. The molecule has 0 saturated heterocycles. The fraction of sp³-hybridized carbons (Fsp3) is 1.00. The average Bonchev–Trinajstić information content (AvgIpc) is 3.10. The predicted octanol–water partition coefficient (Wildman–Crippen LogP) is 18.5. The summed E-state index contributed by atoms with van der Waals surface area (Å²) in [6.45, 7) is 14.3. The van der Waals surface area contributed by atoms with Crippen LogP contribution in [0.25, 0.3) is 0 Å². The van der Waals surface area contributed by atoms with E-state index in [0.717, 1.165) is 17.8 Å². The smallest absolute Gasteiger partial charge is 0.0910 e. The molecule has 0 aromatic rings. The third kappa shape index (κ3) is 35.3. The molecule has 0 heterocycles. The van der Waals surface area contributed by atoms with Gasteiger partial charge in [-0.3, -0.25) is 0 Å². The Morgan fingerprint density at radius 1 is 0.224 bits per heavy atom. The Balaban J connectivity index is 5.82. The van der Waals surface area contributed by atoms with Crippen molar-refractivity contribution in [3.8, 4) is 0 Å². The molecule has 0 spiro atoms. The molecule has 0 aromatic carbocycles. The molecule has 3 atom stereocenters. The fourth-order valence-electron chi connectivity index (χ4n) is 9.06. The number of hydrogen-bond acceptors (Lipinski definition) is 0. The summed E-state index contributed by atoms with van der Waals surface area (Å²) in [7, 11) is 0. The lowest BCUT2D eigenvalue weighted by molar-refractivity contribution is 0.405. The van der Waals surface area contributed by atoms with Gasteiger partial charge in [0.2, 0.25) is 0 Å². The summed E-state index contributed by atoms with van der Waals surface area (Å²) in [4.78, 5) is 0. The lowest BCUT2D eigenvalue weighted by Gasteiger charge is -2.28. The molecule has 0 saturated carbocycles. The molecular weight excluding hydrogens is 604 g/mol. The third-order valence-corrected chi connectivity index (χ3v) is 16.3. The maximum atomic E-state index is 2.39. The van der Waals surface area contributed by atoms with Crippen LogP contribution in [0.1, 0.15) is 273 Å². The van der Waals surface area contributed by atoms with E-state index in [9.17, 15) is 0 Å². The monoisotopic (exact) mass is 703 g/mol. The SMILES string of the molecule is CCCCCCCCC(CCCCCC)[CH2][Al]([CH2]C(CCCCCC)CCCCCCCC)[CH2]C(CCCCCC)CCCCCCCC. The summed E-state index contributed by atoms with van der Waals surface area (Å²) in [5.41, 5.74) is 0. The van der Waals surface area contributed by atoms with Crippen molar-refractivity contribution in [2.45, 2.75) is 289 Å². The van der Waals surface area contributed by atoms with E-state index in [1.807, 2.05) is 0 Å². The van der Waals surface area contributed by atoms with Gasteiger partial charge in [0, 0.05) is 0 Å². The fourth-order valence-corrected chi connectivity index (χ4v) is 13.9. The number of unbranched alkanes of at least 4 members (excludes halogenated alkanes) is 24. The minimum absolute atomic E-state index is 0.794. The average molecular weight is 703 g/mol. The molecule has 1 heteroatoms. The molecule has 0 bridgehead atoms. The Kier molecular flexibility index (Phi) is 41.7. The van der Waals surface area contributed by atoms with Crippen LogP contribution in [0.3, 0.4) is 0 Å². The summed E-state index contributed by atoms with van der Waals surface area (Å²) in [6, 6.07) is 0. The molecule has 0 nitrogen and oxygen atoms in total. The largest absolute Gasteiger partial charge is 0.262 e. The predicted molar refractivity (Wildman–Crippen MR) is 231 cm³/mol. The van der Waals surface area contributed by atoms with E-state index in [1.54, 1.807) is 54.4 Å². The van der Waals surface area contributed by atoms with Crippen LogP contribution < -0.4 is 0 Å². The summed E-state index contributed by atoms with van der Waals surface area (Å²) in [5.74, 6) is 3.18. The Morgan fingerprint density at radius 2 is 0.388 bits per heavy atom. The van der Waals surface area contributed by atoms with E-state index in [2.05, 4.69) is 41.5 Å². The van der Waals surface area contributed by atoms with Gasteiger partial charge in [-0.25, -0.2) is 0 Å². The first-order valence-corrected chi connectivity index (χ1v) is 26.6. The van der Waals surface area contributed by atoms with Gasteiger partial charge in [-0.1, -0.05) is 306 Å². The second-order valence-electron chi connectivity index (χ2n) is 17.4. The van der Waals surface area contributed by atoms with Gasteiger partial charge in [0.15, 0.2) is 0 Å². The van der Waals surface area contributed by atoms with Crippen LogP contribution in [0.5, 0.6) is 0 Å². The molecular formula is C48H99Al. The molecule has 0 aliphatic rings. The molecule has 3 unspecified atom stereocenters. The van der Waals surface area contributed by atoms with E-state index in [4.69, 9.17) is 0 Å². The van der Waals surface area contributed by atoms with E-state index >= 15 is 0 Å². The van der Waals surface area contributed by atoms with E-state index in [0.29, 0.717) is 0 Å². The maximum absolute atomic E-state index is 2.39. The van der Waals surface area contributed by atoms with Gasteiger partial charge in [-0.05, 0) is 0 Å².